The van der Waals surface area contributed by atoms with E-state index < -0.39 is 16.9 Å². The Kier molecular flexibility index (Phi) is 1.93. The van der Waals surface area contributed by atoms with Crippen LogP contribution in [0.1, 0.15) is 6.92 Å². The zero-order valence-corrected chi connectivity index (χ0v) is 4.20. The van der Waals surface area contributed by atoms with Crippen molar-refractivity contribution in [3.05, 3.63) is 10.1 Å². The van der Waals surface area contributed by atoms with Crippen LogP contribution in [-0.4, -0.2) is 22.0 Å². The summed E-state index contributed by atoms with van der Waals surface area (Å²) in [4.78, 5) is 18.4. The highest BCUT2D eigenvalue weighted by atomic mass is 16.6. The molecule has 0 radical (unpaired) electrons. The van der Waals surface area contributed by atoms with E-state index >= 15 is 0 Å². The molecule has 0 aliphatic carbocycles. The summed E-state index contributed by atoms with van der Waals surface area (Å²) in [6, 6.07) is -1.49. The van der Waals surface area contributed by atoms with Gasteiger partial charge in [-0.05, 0) is 0 Å². The third-order valence-corrected chi connectivity index (χ3v) is 0.674. The van der Waals surface area contributed by atoms with Gasteiger partial charge in [-0.1, -0.05) is 0 Å². The van der Waals surface area contributed by atoms with Gasteiger partial charge in [0.2, 0.25) is 0 Å². The summed E-state index contributed by atoms with van der Waals surface area (Å²) < 4.78 is 0. The minimum atomic E-state index is -1.49. The number of nitro groups is 1. The first-order chi connectivity index (χ1) is 3.55. The maximum absolute atomic E-state index is 9.70. The lowest BCUT2D eigenvalue weighted by Gasteiger charge is -1.92. The van der Waals surface area contributed by atoms with Crippen LogP contribution in [0.15, 0.2) is 0 Å². The second-order valence-corrected chi connectivity index (χ2v) is 1.30. The Bertz CT molecular complexity index is 106. The summed E-state index contributed by atoms with van der Waals surface area (Å²) in [6.45, 7) is 1.02. The molecule has 0 fully saturated rings. The maximum Gasteiger partial charge on any atom is 0.378 e. The molecule has 0 heterocycles. The van der Waals surface area contributed by atoms with Gasteiger partial charge in [-0.2, -0.15) is 0 Å². The zero-order valence-electron chi connectivity index (χ0n) is 4.20. The fourth-order valence-corrected chi connectivity index (χ4v) is 0.0902. The molecule has 5 heteroatoms. The standard InChI is InChI=1S/C3H5NO4/c1-2(3(5)6)4(7)8/h2H,1H3,(H,5,6). The minimum Gasteiger partial charge on any atom is -0.476 e. The van der Waals surface area contributed by atoms with Gasteiger partial charge in [-0.15, -0.1) is 0 Å². The number of hydrogen-bond donors (Lipinski definition) is 1. The van der Waals surface area contributed by atoms with Crippen LogP contribution in [0.25, 0.3) is 0 Å². The first-order valence-corrected chi connectivity index (χ1v) is 1.92. The molecule has 0 aliphatic rings. The monoisotopic (exact) mass is 119 g/mol. The Hall–Kier alpha value is -1.13. The van der Waals surface area contributed by atoms with E-state index in [1.165, 1.54) is 0 Å². The van der Waals surface area contributed by atoms with Gasteiger partial charge >= 0.3 is 12.0 Å². The molecule has 1 N–H and O–H groups in total. The molecule has 46 valence electrons. The van der Waals surface area contributed by atoms with Crippen molar-refractivity contribution in [2.75, 3.05) is 0 Å². The maximum atomic E-state index is 9.70. The lowest BCUT2D eigenvalue weighted by Crippen LogP contribution is -2.24. The molecule has 0 aromatic heterocycles. The third-order valence-electron chi connectivity index (χ3n) is 0.674. The van der Waals surface area contributed by atoms with Crippen molar-refractivity contribution in [1.82, 2.24) is 0 Å². The highest BCUT2D eigenvalue weighted by molar-refractivity contribution is 5.71. The topological polar surface area (TPSA) is 80.4 Å². The van der Waals surface area contributed by atoms with E-state index in [2.05, 4.69) is 0 Å². The van der Waals surface area contributed by atoms with Gasteiger partial charge in [0.25, 0.3) is 0 Å². The van der Waals surface area contributed by atoms with E-state index in [4.69, 9.17) is 5.11 Å². The van der Waals surface area contributed by atoms with Gasteiger partial charge < -0.3 is 5.11 Å². The van der Waals surface area contributed by atoms with Crippen LogP contribution >= 0.6 is 0 Å². The molecule has 0 saturated carbocycles. The van der Waals surface area contributed by atoms with Crippen LogP contribution in [0.4, 0.5) is 0 Å². The normalized spacial score (nSPS) is 12.6. The molecule has 0 aromatic carbocycles. The average molecular weight is 119 g/mol. The molecule has 1 atom stereocenters. The Morgan fingerprint density at radius 3 is 2.25 bits per heavy atom. The molecule has 0 rings (SSSR count). The lowest BCUT2D eigenvalue weighted by molar-refractivity contribution is -0.505. The van der Waals surface area contributed by atoms with Crippen molar-refractivity contribution in [2.24, 2.45) is 0 Å². The molecule has 5 nitrogen and oxygen atoms in total. The second kappa shape index (κ2) is 2.25. The molecule has 0 saturated heterocycles. The molecule has 0 bridgehead atoms. The van der Waals surface area contributed by atoms with Crippen molar-refractivity contribution in [2.45, 2.75) is 13.0 Å². The SMILES string of the molecule is CC(C(=O)O)[N+](=O)[O-]. The Morgan fingerprint density at radius 2 is 2.25 bits per heavy atom. The van der Waals surface area contributed by atoms with E-state index in [1.807, 2.05) is 0 Å². The average Bonchev–Trinajstić information content (AvgIpc) is 1.64. The van der Waals surface area contributed by atoms with E-state index in [-0.39, 0.29) is 0 Å². The van der Waals surface area contributed by atoms with Gasteiger partial charge in [0.15, 0.2) is 0 Å². The summed E-state index contributed by atoms with van der Waals surface area (Å²) in [5.41, 5.74) is 0. The van der Waals surface area contributed by atoms with Gasteiger partial charge in [0, 0.05) is 11.8 Å². The lowest BCUT2D eigenvalue weighted by atomic mass is 10.4. The van der Waals surface area contributed by atoms with Crippen LogP contribution in [0.2, 0.25) is 0 Å². The van der Waals surface area contributed by atoms with E-state index in [1.54, 1.807) is 0 Å². The fourth-order valence-electron chi connectivity index (χ4n) is 0.0902. The Balaban J connectivity index is 3.83. The van der Waals surface area contributed by atoms with Crippen molar-refractivity contribution in [3.8, 4) is 0 Å². The molecular formula is C3H5NO4. The van der Waals surface area contributed by atoms with Gasteiger partial charge in [0.1, 0.15) is 0 Å². The van der Waals surface area contributed by atoms with Crippen molar-refractivity contribution >= 4 is 5.97 Å². The van der Waals surface area contributed by atoms with Crippen LogP contribution in [0.3, 0.4) is 0 Å². The van der Waals surface area contributed by atoms with Gasteiger partial charge in [0.05, 0.1) is 0 Å². The van der Waals surface area contributed by atoms with E-state index in [0.29, 0.717) is 0 Å². The van der Waals surface area contributed by atoms with Crippen LogP contribution in [0.5, 0.6) is 0 Å². The number of carbonyl (C=O) groups is 1. The highest BCUT2D eigenvalue weighted by Crippen LogP contribution is 1.84. The number of hydrogen-bond acceptors (Lipinski definition) is 3. The summed E-state index contributed by atoms with van der Waals surface area (Å²) >= 11 is 0. The minimum absolute atomic E-state index is 0.859. The molecule has 8 heavy (non-hydrogen) atoms. The smallest absolute Gasteiger partial charge is 0.378 e. The number of nitrogens with zero attached hydrogens (tertiary/aromatic N) is 1. The predicted octanol–water partition coefficient (Wildman–Crippen LogP) is -0.264. The molecule has 0 spiro atoms. The number of carboxylic acids is 1. The molecular weight excluding hydrogens is 114 g/mol. The fraction of sp³-hybridized carbons (Fsp3) is 0.667. The highest BCUT2D eigenvalue weighted by Gasteiger charge is 2.21. The zero-order chi connectivity index (χ0) is 6.73. The van der Waals surface area contributed by atoms with E-state index in [9.17, 15) is 14.9 Å². The quantitative estimate of drug-likeness (QED) is 0.401. The number of rotatable bonds is 2. The van der Waals surface area contributed by atoms with Crippen molar-refractivity contribution < 1.29 is 14.8 Å². The van der Waals surface area contributed by atoms with Crippen molar-refractivity contribution in [1.29, 1.82) is 0 Å². The Labute approximate surface area is 45.1 Å². The Morgan fingerprint density at radius 1 is 1.88 bits per heavy atom. The number of carboxylic acid groups (broad SMARTS) is 1. The molecule has 0 amide bonds. The first kappa shape index (κ1) is 6.87. The summed E-state index contributed by atoms with van der Waals surface area (Å²) in [7, 11) is 0. The van der Waals surface area contributed by atoms with Crippen molar-refractivity contribution in [3.63, 3.8) is 0 Å². The molecule has 0 aliphatic heterocycles. The summed E-state index contributed by atoms with van der Waals surface area (Å²) in [5, 5.41) is 17.5. The number of aliphatic carboxylic acids is 1. The van der Waals surface area contributed by atoms with Crippen LogP contribution < -0.4 is 0 Å². The van der Waals surface area contributed by atoms with E-state index in [0.717, 1.165) is 6.92 Å². The molecule has 0 aromatic rings. The van der Waals surface area contributed by atoms with Gasteiger partial charge in [-0.25, -0.2) is 4.79 Å². The molecule has 1 unspecified atom stereocenters. The predicted molar refractivity (Wildman–Crippen MR) is 24.1 cm³/mol. The van der Waals surface area contributed by atoms with Crippen LogP contribution in [-0.2, 0) is 4.79 Å². The van der Waals surface area contributed by atoms with Gasteiger partial charge in [-0.3, -0.25) is 10.1 Å². The summed E-state index contributed by atoms with van der Waals surface area (Å²) in [5.74, 6) is -1.41. The second-order valence-electron chi connectivity index (χ2n) is 1.30. The van der Waals surface area contributed by atoms with Crippen LogP contribution in [0, 0.1) is 10.1 Å². The largest absolute Gasteiger partial charge is 0.476 e. The first-order valence-electron chi connectivity index (χ1n) is 1.92. The summed E-state index contributed by atoms with van der Waals surface area (Å²) in [6.07, 6.45) is 0. The third kappa shape index (κ3) is 1.55.